The largest absolute Gasteiger partial charge is 0.450 e. The standard InChI is InChI=1S/C22H28N4O3/c1-4-29-22(28)26-13-11-25(12-14-26)19-9-10-20(23-15-19)21(27)24-18-7-5-17(6-8-18)16(2)3/h5-10,15-16H,4,11-14H2,1-3H3,(H,24,27). The van der Waals surface area contributed by atoms with Crippen LogP contribution in [-0.2, 0) is 4.74 Å². The van der Waals surface area contributed by atoms with Crippen LogP contribution in [0.25, 0.3) is 0 Å². The molecule has 1 fully saturated rings. The van der Waals surface area contributed by atoms with E-state index in [0.717, 1.165) is 11.4 Å². The van der Waals surface area contributed by atoms with Crippen molar-refractivity contribution in [1.82, 2.24) is 9.88 Å². The van der Waals surface area contributed by atoms with E-state index in [-0.39, 0.29) is 12.0 Å². The second-order valence-electron chi connectivity index (χ2n) is 7.31. The summed E-state index contributed by atoms with van der Waals surface area (Å²) < 4.78 is 5.04. The summed E-state index contributed by atoms with van der Waals surface area (Å²) in [5, 5.41) is 2.88. The van der Waals surface area contributed by atoms with Gasteiger partial charge in [-0.05, 0) is 42.7 Å². The number of amides is 2. The van der Waals surface area contributed by atoms with Crippen LogP contribution in [0.5, 0.6) is 0 Å². The van der Waals surface area contributed by atoms with Crippen LogP contribution in [-0.4, -0.2) is 54.7 Å². The minimum atomic E-state index is -0.265. The fourth-order valence-electron chi connectivity index (χ4n) is 3.22. The molecule has 0 radical (unpaired) electrons. The van der Waals surface area contributed by atoms with Crippen LogP contribution in [0.15, 0.2) is 42.6 Å². The van der Waals surface area contributed by atoms with Crippen LogP contribution in [0.2, 0.25) is 0 Å². The lowest BCUT2D eigenvalue weighted by Crippen LogP contribution is -2.49. The molecule has 1 aromatic heterocycles. The second kappa shape index (κ2) is 9.41. The predicted octanol–water partition coefficient (Wildman–Crippen LogP) is 3.74. The summed E-state index contributed by atoms with van der Waals surface area (Å²) in [6.45, 7) is 9.07. The van der Waals surface area contributed by atoms with Crippen molar-refractivity contribution in [2.24, 2.45) is 0 Å². The highest BCUT2D eigenvalue weighted by molar-refractivity contribution is 6.02. The number of piperazine rings is 1. The predicted molar refractivity (Wildman–Crippen MR) is 114 cm³/mol. The maximum atomic E-state index is 12.5. The second-order valence-corrected chi connectivity index (χ2v) is 7.31. The van der Waals surface area contributed by atoms with Gasteiger partial charge in [-0.25, -0.2) is 9.78 Å². The molecule has 154 valence electrons. The van der Waals surface area contributed by atoms with E-state index in [1.165, 1.54) is 5.56 Å². The molecular weight excluding hydrogens is 368 g/mol. The summed E-state index contributed by atoms with van der Waals surface area (Å²) in [6, 6.07) is 11.5. The van der Waals surface area contributed by atoms with E-state index >= 15 is 0 Å². The maximum absolute atomic E-state index is 12.5. The van der Waals surface area contributed by atoms with Crippen molar-refractivity contribution in [1.29, 1.82) is 0 Å². The van der Waals surface area contributed by atoms with Crippen LogP contribution >= 0.6 is 0 Å². The zero-order valence-electron chi connectivity index (χ0n) is 17.2. The molecule has 1 aliphatic heterocycles. The van der Waals surface area contributed by atoms with Crippen molar-refractivity contribution >= 4 is 23.4 Å². The zero-order valence-corrected chi connectivity index (χ0v) is 17.2. The summed E-state index contributed by atoms with van der Waals surface area (Å²) in [6.07, 6.45) is 1.44. The number of carbonyl (C=O) groups is 2. The number of hydrogen-bond donors (Lipinski definition) is 1. The molecule has 2 aromatic rings. The normalized spacial score (nSPS) is 14.1. The lowest BCUT2D eigenvalue weighted by molar-refractivity contribution is 0.101. The smallest absolute Gasteiger partial charge is 0.409 e. The molecule has 3 rings (SSSR count). The number of ether oxygens (including phenoxy) is 1. The molecule has 1 saturated heterocycles. The number of aromatic nitrogens is 1. The molecule has 0 aliphatic carbocycles. The Balaban J connectivity index is 1.56. The van der Waals surface area contributed by atoms with Gasteiger partial charge in [0.15, 0.2) is 0 Å². The highest BCUT2D eigenvalue weighted by Crippen LogP contribution is 2.19. The molecule has 1 aliphatic rings. The van der Waals surface area contributed by atoms with Crippen LogP contribution in [0.3, 0.4) is 0 Å². The van der Waals surface area contributed by atoms with Gasteiger partial charge in [-0.15, -0.1) is 0 Å². The fraction of sp³-hybridized carbons (Fsp3) is 0.409. The van der Waals surface area contributed by atoms with Gasteiger partial charge < -0.3 is 19.9 Å². The first-order valence-electron chi connectivity index (χ1n) is 10.0. The average molecular weight is 396 g/mol. The van der Waals surface area contributed by atoms with Gasteiger partial charge in [0.1, 0.15) is 5.69 Å². The van der Waals surface area contributed by atoms with Gasteiger partial charge in [-0.1, -0.05) is 26.0 Å². The third kappa shape index (κ3) is 5.25. The lowest BCUT2D eigenvalue weighted by Gasteiger charge is -2.35. The zero-order chi connectivity index (χ0) is 20.8. The number of hydrogen-bond acceptors (Lipinski definition) is 5. The van der Waals surface area contributed by atoms with Crippen molar-refractivity contribution in [3.05, 3.63) is 53.9 Å². The van der Waals surface area contributed by atoms with E-state index in [1.54, 1.807) is 24.1 Å². The number of nitrogens with one attached hydrogen (secondary N) is 1. The third-order valence-corrected chi connectivity index (χ3v) is 4.99. The summed E-state index contributed by atoms with van der Waals surface area (Å²) >= 11 is 0. The molecule has 0 bridgehead atoms. The quantitative estimate of drug-likeness (QED) is 0.833. The fourth-order valence-corrected chi connectivity index (χ4v) is 3.22. The van der Waals surface area contributed by atoms with Crippen molar-refractivity contribution in [2.45, 2.75) is 26.7 Å². The number of anilines is 2. The first-order chi connectivity index (χ1) is 14.0. The Labute approximate surface area is 171 Å². The summed E-state index contributed by atoms with van der Waals surface area (Å²) in [7, 11) is 0. The van der Waals surface area contributed by atoms with Crippen LogP contribution in [0.4, 0.5) is 16.2 Å². The number of pyridine rings is 1. The summed E-state index contributed by atoms with van der Waals surface area (Å²) in [4.78, 5) is 32.4. The van der Waals surface area contributed by atoms with Gasteiger partial charge in [0, 0.05) is 31.9 Å². The number of carbonyl (C=O) groups excluding carboxylic acids is 2. The Kier molecular flexibility index (Phi) is 6.69. The lowest BCUT2D eigenvalue weighted by atomic mass is 10.0. The third-order valence-electron chi connectivity index (χ3n) is 4.99. The van der Waals surface area contributed by atoms with E-state index in [4.69, 9.17) is 4.74 Å². The van der Waals surface area contributed by atoms with Gasteiger partial charge in [0.25, 0.3) is 5.91 Å². The van der Waals surface area contributed by atoms with E-state index in [0.29, 0.717) is 44.4 Å². The molecule has 2 amide bonds. The van der Waals surface area contributed by atoms with Gasteiger partial charge >= 0.3 is 6.09 Å². The first-order valence-corrected chi connectivity index (χ1v) is 10.0. The molecule has 0 atom stereocenters. The molecule has 0 saturated carbocycles. The van der Waals surface area contributed by atoms with E-state index in [2.05, 4.69) is 29.0 Å². The van der Waals surface area contributed by atoms with Crippen LogP contribution in [0, 0.1) is 0 Å². The molecule has 29 heavy (non-hydrogen) atoms. The SMILES string of the molecule is CCOC(=O)N1CCN(c2ccc(C(=O)Nc3ccc(C(C)C)cc3)nc2)CC1. The highest BCUT2D eigenvalue weighted by Gasteiger charge is 2.22. The van der Waals surface area contributed by atoms with Crippen molar-refractivity contribution in [3.63, 3.8) is 0 Å². The van der Waals surface area contributed by atoms with Crippen LogP contribution in [0.1, 0.15) is 42.7 Å². The molecular formula is C22H28N4O3. The van der Waals surface area contributed by atoms with Crippen LogP contribution < -0.4 is 10.2 Å². The topological polar surface area (TPSA) is 74.8 Å². The molecule has 1 N–H and O–H groups in total. The Morgan fingerprint density at radius 2 is 1.76 bits per heavy atom. The summed E-state index contributed by atoms with van der Waals surface area (Å²) in [5.41, 5.74) is 3.28. The Hall–Kier alpha value is -3.09. The monoisotopic (exact) mass is 396 g/mol. The average Bonchev–Trinajstić information content (AvgIpc) is 2.74. The minimum absolute atomic E-state index is 0.235. The molecule has 0 spiro atoms. The van der Waals surface area contributed by atoms with Gasteiger partial charge in [-0.2, -0.15) is 0 Å². The van der Waals surface area contributed by atoms with Crippen molar-refractivity contribution in [2.75, 3.05) is 43.0 Å². The molecule has 7 heteroatoms. The van der Waals surface area contributed by atoms with E-state index in [1.807, 2.05) is 30.3 Å². The molecule has 1 aromatic carbocycles. The number of nitrogens with zero attached hydrogens (tertiary/aromatic N) is 3. The van der Waals surface area contributed by atoms with E-state index in [9.17, 15) is 9.59 Å². The number of rotatable bonds is 5. The van der Waals surface area contributed by atoms with Gasteiger partial charge in [-0.3, -0.25) is 4.79 Å². The van der Waals surface area contributed by atoms with Gasteiger partial charge in [0.05, 0.1) is 18.5 Å². The highest BCUT2D eigenvalue weighted by atomic mass is 16.6. The minimum Gasteiger partial charge on any atom is -0.450 e. The Bertz CT molecular complexity index is 826. The molecule has 7 nitrogen and oxygen atoms in total. The number of benzene rings is 1. The van der Waals surface area contributed by atoms with Gasteiger partial charge in [0.2, 0.25) is 0 Å². The molecule has 0 unspecified atom stereocenters. The van der Waals surface area contributed by atoms with Crippen molar-refractivity contribution < 1.29 is 14.3 Å². The Morgan fingerprint density at radius 3 is 2.31 bits per heavy atom. The maximum Gasteiger partial charge on any atom is 0.409 e. The Morgan fingerprint density at radius 1 is 1.07 bits per heavy atom. The summed E-state index contributed by atoms with van der Waals surface area (Å²) in [5.74, 6) is 0.217. The first kappa shape index (κ1) is 20.6. The van der Waals surface area contributed by atoms with E-state index < -0.39 is 0 Å². The van der Waals surface area contributed by atoms with Crippen molar-refractivity contribution in [3.8, 4) is 0 Å². The molecule has 2 heterocycles.